The average molecular weight is 211 g/mol. The Kier molecular flexibility index (Phi) is 2.70. The van der Waals surface area contributed by atoms with Gasteiger partial charge in [-0.3, -0.25) is 0 Å². The molecule has 1 aliphatic heterocycles. The van der Waals surface area contributed by atoms with E-state index in [9.17, 15) is 0 Å². The summed E-state index contributed by atoms with van der Waals surface area (Å²) in [4.78, 5) is 5.25. The van der Waals surface area contributed by atoms with E-state index in [2.05, 4.69) is 5.16 Å². The van der Waals surface area contributed by atoms with E-state index in [1.165, 1.54) is 0 Å². The smallest absolute Gasteiger partial charge is 0.157 e. The van der Waals surface area contributed by atoms with Gasteiger partial charge in [0.1, 0.15) is 0 Å². The Morgan fingerprint density at radius 1 is 1.43 bits per heavy atom. The second kappa shape index (κ2) is 3.98. The quantitative estimate of drug-likeness (QED) is 0.813. The number of halogens is 1. The molecular formula is C10H11ClN2O. The second-order valence-corrected chi connectivity index (χ2v) is 3.65. The number of benzene rings is 1. The third-order valence-corrected chi connectivity index (χ3v) is 2.46. The molecule has 4 heteroatoms. The van der Waals surface area contributed by atoms with Crippen LogP contribution in [0.1, 0.15) is 18.1 Å². The largest absolute Gasteiger partial charge is 0.387 e. The Labute approximate surface area is 87.5 Å². The maximum absolute atomic E-state index is 5.78. The fraction of sp³-hybridized carbons (Fsp3) is 0.300. The topological polar surface area (TPSA) is 47.6 Å². The highest BCUT2D eigenvalue weighted by molar-refractivity contribution is 6.30. The van der Waals surface area contributed by atoms with Crippen molar-refractivity contribution >= 4 is 17.3 Å². The Hall–Kier alpha value is -1.06. The van der Waals surface area contributed by atoms with Gasteiger partial charge in [0.2, 0.25) is 0 Å². The third kappa shape index (κ3) is 1.89. The fourth-order valence-corrected chi connectivity index (χ4v) is 1.53. The zero-order valence-corrected chi connectivity index (χ0v) is 8.37. The molecule has 1 heterocycles. The first kappa shape index (κ1) is 9.49. The summed E-state index contributed by atoms with van der Waals surface area (Å²) in [6, 6.07) is 7.59. The Morgan fingerprint density at radius 2 is 2.14 bits per heavy atom. The number of nitrogens with two attached hydrogens (primary N) is 1. The first-order valence-corrected chi connectivity index (χ1v) is 4.84. The van der Waals surface area contributed by atoms with Crippen molar-refractivity contribution in [3.05, 3.63) is 34.9 Å². The van der Waals surface area contributed by atoms with E-state index in [4.69, 9.17) is 22.2 Å². The molecule has 1 atom stereocenters. The van der Waals surface area contributed by atoms with E-state index in [1.54, 1.807) is 0 Å². The van der Waals surface area contributed by atoms with Crippen LogP contribution < -0.4 is 5.73 Å². The van der Waals surface area contributed by atoms with Crippen molar-refractivity contribution in [3.63, 3.8) is 0 Å². The van der Waals surface area contributed by atoms with Crippen molar-refractivity contribution in [1.82, 2.24) is 0 Å². The van der Waals surface area contributed by atoms with Crippen LogP contribution in [0, 0.1) is 0 Å². The molecule has 0 amide bonds. The van der Waals surface area contributed by atoms with Gasteiger partial charge >= 0.3 is 0 Å². The summed E-state index contributed by atoms with van der Waals surface area (Å²) >= 11 is 5.78. The summed E-state index contributed by atoms with van der Waals surface area (Å²) in [6.07, 6.45) is 0.781. The van der Waals surface area contributed by atoms with Crippen molar-refractivity contribution < 1.29 is 4.84 Å². The van der Waals surface area contributed by atoms with Gasteiger partial charge in [-0.1, -0.05) is 28.9 Å². The number of oxime groups is 1. The normalized spacial score (nSPS) is 20.4. The molecule has 0 saturated carbocycles. The lowest BCUT2D eigenvalue weighted by molar-refractivity contribution is 0.0857. The van der Waals surface area contributed by atoms with E-state index < -0.39 is 0 Å². The third-order valence-electron chi connectivity index (χ3n) is 2.21. The molecule has 1 aromatic rings. The minimum Gasteiger partial charge on any atom is -0.387 e. The van der Waals surface area contributed by atoms with E-state index in [0.29, 0.717) is 6.54 Å². The van der Waals surface area contributed by atoms with E-state index in [-0.39, 0.29) is 6.10 Å². The molecule has 0 bridgehead atoms. The molecule has 2 rings (SSSR count). The summed E-state index contributed by atoms with van der Waals surface area (Å²) in [5.74, 6) is 0. The van der Waals surface area contributed by atoms with Gasteiger partial charge in [-0.05, 0) is 17.7 Å². The lowest BCUT2D eigenvalue weighted by Crippen LogP contribution is -2.12. The fourth-order valence-electron chi connectivity index (χ4n) is 1.40. The first-order chi connectivity index (χ1) is 6.79. The van der Waals surface area contributed by atoms with Gasteiger partial charge < -0.3 is 10.6 Å². The molecule has 74 valence electrons. The van der Waals surface area contributed by atoms with E-state index >= 15 is 0 Å². The summed E-state index contributed by atoms with van der Waals surface area (Å²) in [6.45, 7) is 0.462. The van der Waals surface area contributed by atoms with Gasteiger partial charge in [0.05, 0.1) is 5.71 Å². The molecule has 14 heavy (non-hydrogen) atoms. The molecule has 1 aromatic carbocycles. The number of hydrogen-bond acceptors (Lipinski definition) is 3. The monoisotopic (exact) mass is 210 g/mol. The second-order valence-electron chi connectivity index (χ2n) is 3.21. The van der Waals surface area contributed by atoms with Crippen LogP contribution in [0.3, 0.4) is 0 Å². The Bertz CT molecular complexity index is 348. The van der Waals surface area contributed by atoms with Gasteiger partial charge in [-0.15, -0.1) is 0 Å². The maximum atomic E-state index is 5.78. The lowest BCUT2D eigenvalue weighted by Gasteiger charge is -2.07. The van der Waals surface area contributed by atoms with Crippen LogP contribution in [-0.4, -0.2) is 12.3 Å². The van der Waals surface area contributed by atoms with Crippen LogP contribution >= 0.6 is 11.6 Å². The Morgan fingerprint density at radius 3 is 2.71 bits per heavy atom. The van der Waals surface area contributed by atoms with Crippen LogP contribution in [0.2, 0.25) is 5.02 Å². The summed E-state index contributed by atoms with van der Waals surface area (Å²) in [5, 5.41) is 4.62. The molecule has 1 unspecified atom stereocenters. The molecular weight excluding hydrogens is 200 g/mol. The molecule has 0 fully saturated rings. The van der Waals surface area contributed by atoms with Crippen molar-refractivity contribution in [3.8, 4) is 0 Å². The molecule has 0 radical (unpaired) electrons. The van der Waals surface area contributed by atoms with Crippen LogP contribution in [0.4, 0.5) is 0 Å². The standard InChI is InChI=1S/C10H11ClN2O/c11-8-3-1-7(2-4-8)10-5-9(6-12)13-14-10/h1-4,10H,5-6,12H2. The predicted octanol–water partition coefficient (Wildman–Crippen LogP) is 2.12. The molecule has 0 saturated heterocycles. The molecule has 0 spiro atoms. The van der Waals surface area contributed by atoms with Gasteiger partial charge in [-0.2, -0.15) is 0 Å². The predicted molar refractivity (Wildman–Crippen MR) is 56.4 cm³/mol. The highest BCUT2D eigenvalue weighted by Crippen LogP contribution is 2.27. The minimum absolute atomic E-state index is 0.00539. The number of hydrogen-bond donors (Lipinski definition) is 1. The van der Waals surface area contributed by atoms with Gasteiger partial charge in [0.15, 0.2) is 6.10 Å². The molecule has 2 N–H and O–H groups in total. The lowest BCUT2D eigenvalue weighted by atomic mass is 10.0. The van der Waals surface area contributed by atoms with Crippen LogP contribution in [0.5, 0.6) is 0 Å². The average Bonchev–Trinajstić information content (AvgIpc) is 2.67. The number of nitrogens with zero attached hydrogens (tertiary/aromatic N) is 1. The van der Waals surface area contributed by atoms with Crippen molar-refractivity contribution in [2.75, 3.05) is 6.54 Å². The highest BCUT2D eigenvalue weighted by Gasteiger charge is 2.21. The zero-order valence-electron chi connectivity index (χ0n) is 7.61. The van der Waals surface area contributed by atoms with E-state index in [1.807, 2.05) is 24.3 Å². The Balaban J connectivity index is 2.08. The zero-order chi connectivity index (χ0) is 9.97. The first-order valence-electron chi connectivity index (χ1n) is 4.46. The summed E-state index contributed by atoms with van der Waals surface area (Å²) < 4.78 is 0. The molecule has 3 nitrogen and oxygen atoms in total. The minimum atomic E-state index is 0.00539. The van der Waals surface area contributed by atoms with Crippen LogP contribution in [0.15, 0.2) is 29.4 Å². The maximum Gasteiger partial charge on any atom is 0.157 e. The van der Waals surface area contributed by atoms with E-state index in [0.717, 1.165) is 22.7 Å². The van der Waals surface area contributed by atoms with Crippen LogP contribution in [0.25, 0.3) is 0 Å². The SMILES string of the molecule is NCC1=NOC(c2ccc(Cl)cc2)C1. The molecule has 0 aromatic heterocycles. The summed E-state index contributed by atoms with van der Waals surface area (Å²) in [7, 11) is 0. The van der Waals surface area contributed by atoms with Crippen LogP contribution in [-0.2, 0) is 4.84 Å². The number of rotatable bonds is 2. The highest BCUT2D eigenvalue weighted by atomic mass is 35.5. The summed E-state index contributed by atoms with van der Waals surface area (Å²) in [5.41, 5.74) is 7.46. The van der Waals surface area contributed by atoms with Gasteiger partial charge in [0.25, 0.3) is 0 Å². The molecule has 1 aliphatic rings. The van der Waals surface area contributed by atoms with Crippen molar-refractivity contribution in [1.29, 1.82) is 0 Å². The molecule has 0 aliphatic carbocycles. The van der Waals surface area contributed by atoms with Crippen molar-refractivity contribution in [2.45, 2.75) is 12.5 Å². The van der Waals surface area contributed by atoms with Gasteiger partial charge in [0, 0.05) is 18.0 Å². The van der Waals surface area contributed by atoms with Gasteiger partial charge in [-0.25, -0.2) is 0 Å². The van der Waals surface area contributed by atoms with Crippen molar-refractivity contribution in [2.24, 2.45) is 10.9 Å².